The number of ether oxygens (including phenoxy) is 1. The molecule has 1 aliphatic carbocycles. The molecular weight excluding hydrogens is 300 g/mol. The monoisotopic (exact) mass is 317 g/mol. The van der Waals surface area contributed by atoms with Crippen molar-refractivity contribution in [3.05, 3.63) is 29.8 Å². The second kappa shape index (κ2) is 7.07. The number of halogens is 3. The molecule has 0 radical (unpaired) electrons. The van der Waals surface area contributed by atoms with E-state index in [0.29, 0.717) is 11.4 Å². The van der Waals surface area contributed by atoms with E-state index in [2.05, 4.69) is 10.1 Å². The van der Waals surface area contributed by atoms with Crippen LogP contribution in [0.3, 0.4) is 0 Å². The molecule has 21 heavy (non-hydrogen) atoms. The number of hydrogen-bond acceptors (Lipinski definition) is 2. The van der Waals surface area contributed by atoms with E-state index in [4.69, 9.17) is 11.6 Å². The summed E-state index contributed by atoms with van der Waals surface area (Å²) in [4.78, 5) is 12.3. The lowest BCUT2D eigenvalue weighted by molar-refractivity contribution is -0.0498. The highest BCUT2D eigenvalue weighted by Crippen LogP contribution is 2.29. The van der Waals surface area contributed by atoms with E-state index in [-0.39, 0.29) is 17.2 Å². The highest BCUT2D eigenvalue weighted by atomic mass is 35.5. The minimum absolute atomic E-state index is 0.0336. The van der Waals surface area contributed by atoms with Crippen LogP contribution in [0.4, 0.5) is 8.78 Å². The number of rotatable bonds is 5. The molecule has 1 amide bonds. The number of nitrogens with one attached hydrogen (secondary N) is 1. The topological polar surface area (TPSA) is 38.3 Å². The maximum Gasteiger partial charge on any atom is 0.387 e. The van der Waals surface area contributed by atoms with Crippen LogP contribution in [0.25, 0.3) is 0 Å². The minimum Gasteiger partial charge on any atom is -0.435 e. The quantitative estimate of drug-likeness (QED) is 0.835. The van der Waals surface area contributed by atoms with Crippen LogP contribution in [0.5, 0.6) is 5.75 Å². The predicted octanol–water partition coefficient (Wildman–Crippen LogP) is 3.96. The lowest BCUT2D eigenvalue weighted by Gasteiger charge is -2.36. The number of amides is 1. The molecule has 0 aromatic heterocycles. The second-order valence-corrected chi connectivity index (χ2v) is 5.60. The first-order valence-corrected chi connectivity index (χ1v) is 7.51. The van der Waals surface area contributed by atoms with Crippen LogP contribution in [0.15, 0.2) is 24.3 Å². The second-order valence-electron chi connectivity index (χ2n) is 5.33. The molecule has 0 bridgehead atoms. The molecule has 0 atom stereocenters. The lowest BCUT2D eigenvalue weighted by atomic mass is 9.83. The van der Waals surface area contributed by atoms with Crippen molar-refractivity contribution < 1.29 is 18.3 Å². The van der Waals surface area contributed by atoms with Gasteiger partial charge in [0, 0.05) is 11.4 Å². The van der Waals surface area contributed by atoms with Gasteiger partial charge >= 0.3 is 6.61 Å². The zero-order valence-corrected chi connectivity index (χ0v) is 12.3. The molecule has 3 nitrogen and oxygen atoms in total. The van der Waals surface area contributed by atoms with Crippen LogP contribution < -0.4 is 10.1 Å². The molecule has 0 aliphatic heterocycles. The molecule has 2 rings (SSSR count). The molecule has 0 saturated heterocycles. The number of alkyl halides is 3. The van der Waals surface area contributed by atoms with E-state index in [1.165, 1.54) is 24.3 Å². The standard InChI is InChI=1S/C15H18ClF2NO2/c16-10-15(8-2-1-3-9-15)19-13(20)11-4-6-12(7-5-11)21-14(17)18/h4-7,14H,1-3,8-10H2,(H,19,20). The smallest absolute Gasteiger partial charge is 0.387 e. The molecule has 116 valence electrons. The Kier molecular flexibility index (Phi) is 5.39. The highest BCUT2D eigenvalue weighted by Gasteiger charge is 2.32. The van der Waals surface area contributed by atoms with Gasteiger partial charge in [-0.15, -0.1) is 11.6 Å². The van der Waals surface area contributed by atoms with E-state index in [9.17, 15) is 13.6 Å². The van der Waals surface area contributed by atoms with Gasteiger partial charge in [-0.05, 0) is 37.1 Å². The van der Waals surface area contributed by atoms with Gasteiger partial charge in [-0.1, -0.05) is 19.3 Å². The summed E-state index contributed by atoms with van der Waals surface area (Å²) in [5.74, 6) is 0.179. The van der Waals surface area contributed by atoms with Crippen LogP contribution >= 0.6 is 11.6 Å². The van der Waals surface area contributed by atoms with Crippen molar-refractivity contribution >= 4 is 17.5 Å². The van der Waals surface area contributed by atoms with Crippen LogP contribution in [0, 0.1) is 0 Å². The summed E-state index contributed by atoms with van der Waals surface area (Å²) < 4.78 is 28.4. The molecule has 1 saturated carbocycles. The maximum atomic E-state index is 12.3. The third kappa shape index (κ3) is 4.30. The summed E-state index contributed by atoms with van der Waals surface area (Å²) in [5.41, 5.74) is 0.0568. The van der Waals surface area contributed by atoms with Crippen LogP contribution in [0.2, 0.25) is 0 Å². The molecule has 1 aromatic rings. The Balaban J connectivity index is 2.02. The van der Waals surface area contributed by atoms with E-state index >= 15 is 0 Å². The fourth-order valence-electron chi connectivity index (χ4n) is 2.62. The average molecular weight is 318 g/mol. The molecule has 0 spiro atoms. The van der Waals surface area contributed by atoms with Gasteiger partial charge in [-0.3, -0.25) is 4.79 Å². The minimum atomic E-state index is -2.87. The number of benzene rings is 1. The number of hydrogen-bond donors (Lipinski definition) is 1. The zero-order chi connectivity index (χ0) is 15.3. The van der Waals surface area contributed by atoms with E-state index in [0.717, 1.165) is 32.1 Å². The Labute approximate surface area is 127 Å². The van der Waals surface area contributed by atoms with Crippen molar-refractivity contribution in [2.24, 2.45) is 0 Å². The Hall–Kier alpha value is -1.36. The van der Waals surface area contributed by atoms with Crippen molar-refractivity contribution in [2.75, 3.05) is 5.88 Å². The average Bonchev–Trinajstić information content (AvgIpc) is 2.48. The highest BCUT2D eigenvalue weighted by molar-refractivity contribution is 6.19. The molecule has 1 fully saturated rings. The molecule has 1 aliphatic rings. The summed E-state index contributed by atoms with van der Waals surface area (Å²) in [6.45, 7) is -2.87. The van der Waals surface area contributed by atoms with Gasteiger partial charge in [0.1, 0.15) is 5.75 Å². The van der Waals surface area contributed by atoms with Gasteiger partial charge in [0.05, 0.1) is 5.54 Å². The normalized spacial score (nSPS) is 17.5. The fraction of sp³-hybridized carbons (Fsp3) is 0.533. The van der Waals surface area contributed by atoms with Crippen LogP contribution in [0.1, 0.15) is 42.5 Å². The van der Waals surface area contributed by atoms with Crippen LogP contribution in [-0.2, 0) is 0 Å². The summed E-state index contributed by atoms with van der Waals surface area (Å²) in [5, 5.41) is 3.00. The first-order chi connectivity index (χ1) is 10.0. The van der Waals surface area contributed by atoms with Crippen molar-refractivity contribution in [1.82, 2.24) is 5.32 Å². The maximum absolute atomic E-state index is 12.3. The summed E-state index contributed by atoms with van der Waals surface area (Å²) in [6, 6.07) is 5.65. The van der Waals surface area contributed by atoms with E-state index < -0.39 is 6.61 Å². The summed E-state index contributed by atoms with van der Waals surface area (Å²) in [7, 11) is 0. The fourth-order valence-corrected chi connectivity index (χ4v) is 2.96. The lowest BCUT2D eigenvalue weighted by Crippen LogP contribution is -2.51. The summed E-state index contributed by atoms with van der Waals surface area (Å²) in [6.07, 6.45) is 5.00. The van der Waals surface area contributed by atoms with Crippen molar-refractivity contribution in [1.29, 1.82) is 0 Å². The van der Waals surface area contributed by atoms with Crippen molar-refractivity contribution in [2.45, 2.75) is 44.3 Å². The first kappa shape index (κ1) is 16.0. The van der Waals surface area contributed by atoms with E-state index in [1.54, 1.807) is 0 Å². The van der Waals surface area contributed by atoms with Gasteiger partial charge in [0.2, 0.25) is 0 Å². The Morgan fingerprint density at radius 1 is 1.24 bits per heavy atom. The molecular formula is C15H18ClF2NO2. The molecule has 6 heteroatoms. The van der Waals surface area contributed by atoms with Crippen LogP contribution in [-0.4, -0.2) is 23.9 Å². The zero-order valence-electron chi connectivity index (χ0n) is 11.6. The summed E-state index contributed by atoms with van der Waals surface area (Å²) >= 11 is 6.03. The Morgan fingerprint density at radius 3 is 2.38 bits per heavy atom. The van der Waals surface area contributed by atoms with Gasteiger partial charge in [0.25, 0.3) is 5.91 Å². The first-order valence-electron chi connectivity index (χ1n) is 6.98. The third-order valence-corrected chi connectivity index (χ3v) is 4.30. The molecule has 1 N–H and O–H groups in total. The van der Waals surface area contributed by atoms with Gasteiger partial charge < -0.3 is 10.1 Å². The largest absolute Gasteiger partial charge is 0.435 e. The Bertz CT molecular complexity index is 473. The SMILES string of the molecule is O=C(NC1(CCl)CCCCC1)c1ccc(OC(F)F)cc1. The molecule has 1 aromatic carbocycles. The van der Waals surface area contributed by atoms with Gasteiger partial charge in [-0.25, -0.2) is 0 Å². The third-order valence-electron chi connectivity index (χ3n) is 3.79. The number of carbonyl (C=O) groups is 1. The number of carbonyl (C=O) groups excluding carboxylic acids is 1. The van der Waals surface area contributed by atoms with Crippen molar-refractivity contribution in [3.63, 3.8) is 0 Å². The molecule has 0 unspecified atom stereocenters. The van der Waals surface area contributed by atoms with Gasteiger partial charge in [0.15, 0.2) is 0 Å². The predicted molar refractivity (Wildman–Crippen MR) is 77.1 cm³/mol. The van der Waals surface area contributed by atoms with Gasteiger partial charge in [-0.2, -0.15) is 8.78 Å². The Morgan fingerprint density at radius 2 is 1.86 bits per heavy atom. The van der Waals surface area contributed by atoms with Crippen molar-refractivity contribution in [3.8, 4) is 5.75 Å². The molecule has 0 heterocycles. The van der Waals surface area contributed by atoms with E-state index in [1.807, 2.05) is 0 Å².